The molecule has 4 rings (SSSR count). The molecular formula is C16H12N6S. The van der Waals surface area contributed by atoms with Gasteiger partial charge in [-0.15, -0.1) is 0 Å². The first-order valence-corrected chi connectivity index (χ1v) is 7.78. The first-order chi connectivity index (χ1) is 11.4. The molecule has 0 aliphatic heterocycles. The Morgan fingerprint density at radius 3 is 1.65 bits per heavy atom. The zero-order valence-corrected chi connectivity index (χ0v) is 12.8. The van der Waals surface area contributed by atoms with Gasteiger partial charge in [-0.25, -0.2) is 19.3 Å². The maximum atomic E-state index is 4.16. The van der Waals surface area contributed by atoms with Crippen molar-refractivity contribution in [2.45, 2.75) is 9.79 Å². The predicted octanol–water partition coefficient (Wildman–Crippen LogP) is 3.00. The normalized spacial score (nSPS) is 10.8. The molecule has 0 amide bonds. The second-order valence-corrected chi connectivity index (χ2v) is 5.92. The van der Waals surface area contributed by atoms with Crippen molar-refractivity contribution in [3.05, 3.63) is 73.8 Å². The molecule has 0 radical (unpaired) electrons. The number of nitrogens with zero attached hydrogens (tertiary/aromatic N) is 6. The van der Waals surface area contributed by atoms with Gasteiger partial charge in [0.05, 0.1) is 11.4 Å². The van der Waals surface area contributed by atoms with Gasteiger partial charge in [-0.05, 0) is 36.4 Å². The van der Waals surface area contributed by atoms with E-state index in [-0.39, 0.29) is 0 Å². The number of benzene rings is 2. The molecule has 2 heterocycles. The van der Waals surface area contributed by atoms with Crippen LogP contribution in [0.15, 0.2) is 83.6 Å². The van der Waals surface area contributed by atoms with Crippen LogP contribution in [0.1, 0.15) is 0 Å². The molecule has 112 valence electrons. The van der Waals surface area contributed by atoms with Gasteiger partial charge >= 0.3 is 0 Å². The molecular weight excluding hydrogens is 308 g/mol. The fourth-order valence-corrected chi connectivity index (χ4v) is 3.12. The fraction of sp³-hybridized carbons (Fsp3) is 0. The molecule has 23 heavy (non-hydrogen) atoms. The fourth-order valence-electron chi connectivity index (χ4n) is 2.20. The average Bonchev–Trinajstić information content (AvgIpc) is 3.29. The molecule has 0 aliphatic rings. The summed E-state index contributed by atoms with van der Waals surface area (Å²) in [5.74, 6) is 0. The van der Waals surface area contributed by atoms with E-state index in [2.05, 4.69) is 44.4 Å². The van der Waals surface area contributed by atoms with Crippen molar-refractivity contribution in [2.75, 3.05) is 0 Å². The first-order valence-electron chi connectivity index (χ1n) is 6.96. The van der Waals surface area contributed by atoms with Gasteiger partial charge < -0.3 is 0 Å². The van der Waals surface area contributed by atoms with Crippen LogP contribution >= 0.6 is 11.8 Å². The molecule has 0 atom stereocenters. The van der Waals surface area contributed by atoms with Crippen LogP contribution in [-0.4, -0.2) is 29.5 Å². The molecule has 0 saturated carbocycles. The van der Waals surface area contributed by atoms with Crippen LogP contribution in [0.25, 0.3) is 11.4 Å². The highest BCUT2D eigenvalue weighted by Gasteiger charge is 2.03. The van der Waals surface area contributed by atoms with Gasteiger partial charge in [-0.1, -0.05) is 23.9 Å². The summed E-state index contributed by atoms with van der Waals surface area (Å²) in [7, 11) is 0. The van der Waals surface area contributed by atoms with Crippen LogP contribution < -0.4 is 0 Å². The summed E-state index contributed by atoms with van der Waals surface area (Å²) < 4.78 is 3.49. The Hall–Kier alpha value is -2.93. The predicted molar refractivity (Wildman–Crippen MR) is 86.8 cm³/mol. The van der Waals surface area contributed by atoms with Crippen molar-refractivity contribution >= 4 is 11.8 Å². The molecule has 2 aromatic heterocycles. The van der Waals surface area contributed by atoms with Crippen LogP contribution in [0, 0.1) is 0 Å². The van der Waals surface area contributed by atoms with E-state index in [0.717, 1.165) is 21.2 Å². The third-order valence-corrected chi connectivity index (χ3v) is 4.22. The number of rotatable bonds is 4. The van der Waals surface area contributed by atoms with Crippen molar-refractivity contribution in [3.63, 3.8) is 0 Å². The van der Waals surface area contributed by atoms with E-state index in [1.54, 1.807) is 33.8 Å². The Kier molecular flexibility index (Phi) is 3.61. The smallest absolute Gasteiger partial charge is 0.138 e. The Morgan fingerprint density at radius 2 is 1.22 bits per heavy atom. The SMILES string of the molecule is c1cc(Sc2cccc(-n3cncn3)c2)cc(-n2cncn2)c1. The van der Waals surface area contributed by atoms with Gasteiger partial charge in [0, 0.05) is 9.79 Å². The number of hydrogen-bond acceptors (Lipinski definition) is 5. The minimum atomic E-state index is 0.986. The van der Waals surface area contributed by atoms with Gasteiger partial charge in [0.1, 0.15) is 25.3 Å². The summed E-state index contributed by atoms with van der Waals surface area (Å²) >= 11 is 1.69. The van der Waals surface area contributed by atoms with Crippen LogP contribution in [-0.2, 0) is 0 Å². The summed E-state index contributed by atoms with van der Waals surface area (Å²) in [5, 5.41) is 8.32. The highest BCUT2D eigenvalue weighted by atomic mass is 32.2. The van der Waals surface area contributed by atoms with Gasteiger partial charge in [0.15, 0.2) is 0 Å². The van der Waals surface area contributed by atoms with Gasteiger partial charge in [0.2, 0.25) is 0 Å². The first kappa shape index (κ1) is 13.7. The molecule has 0 unspecified atom stereocenters. The van der Waals surface area contributed by atoms with Gasteiger partial charge in [-0.2, -0.15) is 10.2 Å². The summed E-state index contributed by atoms with van der Waals surface area (Å²) in [4.78, 5) is 10.2. The Morgan fingerprint density at radius 1 is 0.696 bits per heavy atom. The average molecular weight is 320 g/mol. The van der Waals surface area contributed by atoms with Gasteiger partial charge in [0.25, 0.3) is 0 Å². The maximum Gasteiger partial charge on any atom is 0.138 e. The number of hydrogen-bond donors (Lipinski definition) is 0. The van der Waals surface area contributed by atoms with E-state index in [9.17, 15) is 0 Å². The second-order valence-electron chi connectivity index (χ2n) is 4.78. The molecule has 0 aliphatic carbocycles. The van der Waals surface area contributed by atoms with Crippen molar-refractivity contribution in [3.8, 4) is 11.4 Å². The molecule has 0 bridgehead atoms. The Bertz CT molecular complexity index is 826. The van der Waals surface area contributed by atoms with E-state index in [0.29, 0.717) is 0 Å². The largest absolute Gasteiger partial charge is 0.223 e. The monoisotopic (exact) mass is 320 g/mol. The van der Waals surface area contributed by atoms with Crippen LogP contribution in [0.5, 0.6) is 0 Å². The highest BCUT2D eigenvalue weighted by molar-refractivity contribution is 7.99. The molecule has 0 saturated heterocycles. The molecule has 6 nitrogen and oxygen atoms in total. The Balaban J connectivity index is 1.61. The van der Waals surface area contributed by atoms with E-state index in [1.165, 1.54) is 12.7 Å². The zero-order valence-electron chi connectivity index (χ0n) is 12.0. The quantitative estimate of drug-likeness (QED) is 0.578. The van der Waals surface area contributed by atoms with Crippen molar-refractivity contribution < 1.29 is 0 Å². The molecule has 0 N–H and O–H groups in total. The van der Waals surface area contributed by atoms with Gasteiger partial charge in [-0.3, -0.25) is 0 Å². The third-order valence-electron chi connectivity index (χ3n) is 3.24. The Labute approximate surface area is 136 Å². The lowest BCUT2D eigenvalue weighted by atomic mass is 10.3. The topological polar surface area (TPSA) is 61.4 Å². The third kappa shape index (κ3) is 3.00. The van der Waals surface area contributed by atoms with E-state index >= 15 is 0 Å². The summed E-state index contributed by atoms with van der Waals surface area (Å²) in [6.07, 6.45) is 6.44. The standard InChI is InChI=1S/C16H12N6S/c1-3-13(21-11-17-9-19-21)7-15(5-1)23-16-6-2-4-14(8-16)22-12-18-10-20-22/h1-12H. The molecule has 7 heteroatoms. The second kappa shape index (κ2) is 6.05. The van der Waals surface area contributed by atoms with E-state index < -0.39 is 0 Å². The van der Waals surface area contributed by atoms with Crippen LogP contribution in [0.4, 0.5) is 0 Å². The van der Waals surface area contributed by atoms with Crippen molar-refractivity contribution in [1.29, 1.82) is 0 Å². The minimum absolute atomic E-state index is 0.986. The minimum Gasteiger partial charge on any atom is -0.223 e. The lowest BCUT2D eigenvalue weighted by molar-refractivity contribution is 0.874. The summed E-state index contributed by atoms with van der Waals surface area (Å²) in [5.41, 5.74) is 1.97. The maximum absolute atomic E-state index is 4.16. The molecule has 2 aromatic carbocycles. The van der Waals surface area contributed by atoms with E-state index in [4.69, 9.17) is 0 Å². The van der Waals surface area contributed by atoms with Crippen molar-refractivity contribution in [1.82, 2.24) is 29.5 Å². The summed E-state index contributed by atoms with van der Waals surface area (Å²) in [6, 6.07) is 16.4. The lowest BCUT2D eigenvalue weighted by Crippen LogP contribution is -1.94. The number of aromatic nitrogens is 6. The zero-order chi connectivity index (χ0) is 15.5. The van der Waals surface area contributed by atoms with Crippen LogP contribution in [0.3, 0.4) is 0 Å². The molecule has 0 fully saturated rings. The lowest BCUT2D eigenvalue weighted by Gasteiger charge is -2.07. The summed E-state index contributed by atoms with van der Waals surface area (Å²) in [6.45, 7) is 0. The van der Waals surface area contributed by atoms with E-state index in [1.807, 2.05) is 24.3 Å². The van der Waals surface area contributed by atoms with Crippen molar-refractivity contribution in [2.24, 2.45) is 0 Å². The van der Waals surface area contributed by atoms with Crippen LogP contribution in [0.2, 0.25) is 0 Å². The highest BCUT2D eigenvalue weighted by Crippen LogP contribution is 2.29. The molecule has 4 aromatic rings. The molecule has 0 spiro atoms.